The first-order valence-electron chi connectivity index (χ1n) is 5.35. The Bertz CT molecular complexity index is 488. The second-order valence-electron chi connectivity index (χ2n) is 4.01. The van der Waals surface area contributed by atoms with Gasteiger partial charge in [0.1, 0.15) is 5.82 Å². The van der Waals surface area contributed by atoms with E-state index in [0.717, 1.165) is 6.07 Å². The molecule has 6 heteroatoms. The van der Waals surface area contributed by atoms with E-state index in [4.69, 9.17) is 5.73 Å². The van der Waals surface area contributed by atoms with Gasteiger partial charge < -0.3 is 5.73 Å². The van der Waals surface area contributed by atoms with Crippen LogP contribution in [0.5, 0.6) is 0 Å². The maximum absolute atomic E-state index is 12.9. The molecule has 0 aliphatic carbocycles. The summed E-state index contributed by atoms with van der Waals surface area (Å²) in [6.07, 6.45) is 0.555. The lowest BCUT2D eigenvalue weighted by molar-refractivity contribution is 0.549. The van der Waals surface area contributed by atoms with Gasteiger partial charge in [-0.25, -0.2) is 17.5 Å². The fraction of sp³-hybridized carbons (Fsp3) is 0.455. The standard InChI is InChI=1S/C11H17FN2O2S/c1-8-7-10(12)3-4-11(8)17(15,16)14-9(2)5-6-13/h3-4,7,9,14H,5-6,13H2,1-2H3. The summed E-state index contributed by atoms with van der Waals surface area (Å²) in [4.78, 5) is 0.0998. The van der Waals surface area contributed by atoms with Gasteiger partial charge in [-0.3, -0.25) is 0 Å². The number of hydrogen-bond donors (Lipinski definition) is 2. The molecule has 4 nitrogen and oxygen atoms in total. The lowest BCUT2D eigenvalue weighted by Gasteiger charge is -2.14. The molecule has 1 unspecified atom stereocenters. The number of benzene rings is 1. The molecule has 0 fully saturated rings. The maximum Gasteiger partial charge on any atom is 0.241 e. The van der Waals surface area contributed by atoms with Crippen LogP contribution in [0.25, 0.3) is 0 Å². The smallest absolute Gasteiger partial charge is 0.241 e. The highest BCUT2D eigenvalue weighted by atomic mass is 32.2. The summed E-state index contributed by atoms with van der Waals surface area (Å²) in [5.74, 6) is -0.448. The number of aryl methyl sites for hydroxylation is 1. The van der Waals surface area contributed by atoms with Gasteiger partial charge in [0.15, 0.2) is 0 Å². The van der Waals surface area contributed by atoms with E-state index in [-0.39, 0.29) is 10.9 Å². The summed E-state index contributed by atoms with van der Waals surface area (Å²) in [6.45, 7) is 3.71. The van der Waals surface area contributed by atoms with Gasteiger partial charge in [-0.2, -0.15) is 0 Å². The summed E-state index contributed by atoms with van der Waals surface area (Å²) in [5.41, 5.74) is 5.74. The van der Waals surface area contributed by atoms with Crippen molar-refractivity contribution in [1.82, 2.24) is 4.72 Å². The molecule has 0 aliphatic rings. The summed E-state index contributed by atoms with van der Waals surface area (Å²) in [5, 5.41) is 0. The monoisotopic (exact) mass is 260 g/mol. The average molecular weight is 260 g/mol. The van der Waals surface area contributed by atoms with Crippen molar-refractivity contribution in [2.24, 2.45) is 5.73 Å². The number of halogens is 1. The minimum absolute atomic E-state index is 0.0998. The molecule has 1 aromatic carbocycles. The second-order valence-corrected chi connectivity index (χ2v) is 5.69. The average Bonchev–Trinajstić information content (AvgIpc) is 2.15. The van der Waals surface area contributed by atoms with Gasteiger partial charge in [-0.15, -0.1) is 0 Å². The van der Waals surface area contributed by atoms with Gasteiger partial charge >= 0.3 is 0 Å². The molecule has 0 aliphatic heterocycles. The van der Waals surface area contributed by atoms with Gasteiger partial charge in [-0.1, -0.05) is 0 Å². The molecule has 0 radical (unpaired) electrons. The Hall–Kier alpha value is -0.980. The predicted molar refractivity (Wildman–Crippen MR) is 64.6 cm³/mol. The Balaban J connectivity index is 2.97. The van der Waals surface area contributed by atoms with Gasteiger partial charge in [0, 0.05) is 6.04 Å². The van der Waals surface area contributed by atoms with Crippen molar-refractivity contribution < 1.29 is 12.8 Å². The predicted octanol–water partition coefficient (Wildman–Crippen LogP) is 1.15. The molecule has 96 valence electrons. The van der Waals surface area contributed by atoms with Gasteiger partial charge in [0.2, 0.25) is 10.0 Å². The minimum Gasteiger partial charge on any atom is -0.330 e. The Morgan fingerprint density at radius 3 is 2.65 bits per heavy atom. The third-order valence-electron chi connectivity index (χ3n) is 2.38. The molecule has 1 atom stereocenters. The van der Waals surface area contributed by atoms with Crippen LogP contribution >= 0.6 is 0 Å². The first-order chi connectivity index (χ1) is 7.86. The Labute approximate surface area is 101 Å². The van der Waals surface area contributed by atoms with Crippen LogP contribution in [0, 0.1) is 12.7 Å². The SMILES string of the molecule is Cc1cc(F)ccc1S(=O)(=O)NC(C)CCN. The third-order valence-corrected chi connectivity index (χ3v) is 4.13. The van der Waals surface area contributed by atoms with E-state index in [9.17, 15) is 12.8 Å². The van der Waals surface area contributed by atoms with Crippen molar-refractivity contribution >= 4 is 10.0 Å². The van der Waals surface area contributed by atoms with Crippen molar-refractivity contribution in [3.8, 4) is 0 Å². The number of nitrogens with one attached hydrogen (secondary N) is 1. The van der Waals surface area contributed by atoms with Crippen LogP contribution in [-0.4, -0.2) is 21.0 Å². The zero-order valence-electron chi connectivity index (χ0n) is 9.90. The quantitative estimate of drug-likeness (QED) is 0.834. The number of sulfonamides is 1. The highest BCUT2D eigenvalue weighted by molar-refractivity contribution is 7.89. The Kier molecular flexibility index (Phi) is 4.62. The van der Waals surface area contributed by atoms with Crippen LogP contribution in [0.1, 0.15) is 18.9 Å². The molecule has 0 saturated carbocycles. The van der Waals surface area contributed by atoms with Crippen molar-refractivity contribution in [2.75, 3.05) is 6.54 Å². The van der Waals surface area contributed by atoms with Crippen LogP contribution in [0.15, 0.2) is 23.1 Å². The molecular weight excluding hydrogens is 243 g/mol. The molecular formula is C11H17FN2O2S. The molecule has 0 aromatic heterocycles. The molecule has 0 heterocycles. The lowest BCUT2D eigenvalue weighted by Crippen LogP contribution is -2.34. The molecule has 0 spiro atoms. The summed E-state index contributed by atoms with van der Waals surface area (Å²) in [6, 6.07) is 3.36. The lowest BCUT2D eigenvalue weighted by atomic mass is 10.2. The van der Waals surface area contributed by atoms with Crippen molar-refractivity contribution in [1.29, 1.82) is 0 Å². The Morgan fingerprint density at radius 2 is 2.12 bits per heavy atom. The minimum atomic E-state index is -3.60. The van der Waals surface area contributed by atoms with E-state index in [2.05, 4.69) is 4.72 Å². The fourth-order valence-corrected chi connectivity index (χ4v) is 3.06. The summed E-state index contributed by atoms with van der Waals surface area (Å²) < 4.78 is 39.3. The molecule has 0 bridgehead atoms. The third kappa shape index (κ3) is 3.76. The highest BCUT2D eigenvalue weighted by Crippen LogP contribution is 2.16. The molecule has 0 saturated heterocycles. The second kappa shape index (κ2) is 5.57. The van der Waals surface area contributed by atoms with Gasteiger partial charge in [0.05, 0.1) is 4.90 Å². The van der Waals surface area contributed by atoms with Crippen LogP contribution in [-0.2, 0) is 10.0 Å². The summed E-state index contributed by atoms with van der Waals surface area (Å²) in [7, 11) is -3.60. The van der Waals surface area contributed by atoms with E-state index >= 15 is 0 Å². The maximum atomic E-state index is 12.9. The number of hydrogen-bond acceptors (Lipinski definition) is 3. The van der Waals surface area contributed by atoms with Crippen molar-refractivity contribution in [3.63, 3.8) is 0 Å². The first-order valence-corrected chi connectivity index (χ1v) is 6.83. The van der Waals surface area contributed by atoms with E-state index < -0.39 is 15.8 Å². The number of nitrogens with two attached hydrogens (primary N) is 1. The van der Waals surface area contributed by atoms with Crippen LogP contribution in [0.3, 0.4) is 0 Å². The highest BCUT2D eigenvalue weighted by Gasteiger charge is 2.19. The van der Waals surface area contributed by atoms with Crippen LogP contribution < -0.4 is 10.5 Å². The van der Waals surface area contributed by atoms with Gasteiger partial charge in [0.25, 0.3) is 0 Å². The first kappa shape index (κ1) is 14.1. The molecule has 1 rings (SSSR count). The van der Waals surface area contributed by atoms with Crippen LogP contribution in [0.4, 0.5) is 4.39 Å². The van der Waals surface area contributed by atoms with E-state index in [0.29, 0.717) is 18.5 Å². The molecule has 0 amide bonds. The van der Waals surface area contributed by atoms with Gasteiger partial charge in [-0.05, 0) is 50.6 Å². The fourth-order valence-electron chi connectivity index (χ4n) is 1.55. The Morgan fingerprint density at radius 1 is 1.47 bits per heavy atom. The van der Waals surface area contributed by atoms with Crippen molar-refractivity contribution in [2.45, 2.75) is 31.2 Å². The topological polar surface area (TPSA) is 72.2 Å². The molecule has 3 N–H and O–H groups in total. The van der Waals surface area contributed by atoms with E-state index in [1.807, 2.05) is 0 Å². The zero-order chi connectivity index (χ0) is 13.1. The van der Waals surface area contributed by atoms with E-state index in [1.165, 1.54) is 12.1 Å². The van der Waals surface area contributed by atoms with Crippen LogP contribution in [0.2, 0.25) is 0 Å². The molecule has 17 heavy (non-hydrogen) atoms. The van der Waals surface area contributed by atoms with E-state index in [1.54, 1.807) is 13.8 Å². The number of rotatable bonds is 5. The largest absolute Gasteiger partial charge is 0.330 e. The zero-order valence-corrected chi connectivity index (χ0v) is 10.7. The van der Waals surface area contributed by atoms with Crippen molar-refractivity contribution in [3.05, 3.63) is 29.6 Å². The molecule has 1 aromatic rings. The summed E-state index contributed by atoms with van der Waals surface area (Å²) >= 11 is 0. The normalized spacial score (nSPS) is 13.6.